The number of terminal acetylenes is 1. The molecule has 22 heteroatoms. The molecule has 2 aliphatic heterocycles. The Bertz CT molecular complexity index is 1450. The van der Waals surface area contributed by atoms with Crippen LogP contribution >= 0.6 is 0 Å². The number of benzene rings is 1. The molecule has 358 valence electrons. The van der Waals surface area contributed by atoms with Gasteiger partial charge in [0.15, 0.2) is 0 Å². The number of hydrogen-bond acceptors (Lipinski definition) is 20. The number of nitrogens with zero attached hydrogens (tertiary/aromatic N) is 2. The van der Waals surface area contributed by atoms with E-state index in [1.807, 2.05) is 0 Å². The predicted molar refractivity (Wildman–Crippen MR) is 217 cm³/mol. The number of carbonyl (C=O) groups excluding carboxylic acids is 6. The fourth-order valence-electron chi connectivity index (χ4n) is 5.14. The first kappa shape index (κ1) is 53.5. The van der Waals surface area contributed by atoms with Crippen molar-refractivity contribution < 1.29 is 95.3 Å². The summed E-state index contributed by atoms with van der Waals surface area (Å²) in [4.78, 5) is 78.7. The van der Waals surface area contributed by atoms with Crippen LogP contribution < -0.4 is 9.47 Å². The summed E-state index contributed by atoms with van der Waals surface area (Å²) in [5, 5.41) is 1.02. The third-order valence-corrected chi connectivity index (χ3v) is 8.31. The fraction of sp³-hybridized carbons (Fsp3) is 0.667. The predicted octanol–water partition coefficient (Wildman–Crippen LogP) is 0.586. The molecule has 3 rings (SSSR count). The highest BCUT2D eigenvalue weighted by Crippen LogP contribution is 2.23. The smallest absolute Gasteiger partial charge is 0.335 e. The molecule has 0 unspecified atom stereocenters. The molecule has 0 aliphatic carbocycles. The van der Waals surface area contributed by atoms with Gasteiger partial charge in [-0.05, 0) is 12.1 Å². The summed E-state index contributed by atoms with van der Waals surface area (Å²) in [5.41, 5.74) is 0.610. The third kappa shape index (κ3) is 24.9. The number of hydroxylamine groups is 4. The van der Waals surface area contributed by atoms with E-state index >= 15 is 0 Å². The summed E-state index contributed by atoms with van der Waals surface area (Å²) < 4.78 is 66.0. The minimum absolute atomic E-state index is 0.0443. The third-order valence-electron chi connectivity index (χ3n) is 8.31. The second-order valence-electron chi connectivity index (χ2n) is 13.2. The second kappa shape index (κ2) is 34.6. The molecule has 1 aromatic carbocycles. The maximum absolute atomic E-state index is 11.7. The highest BCUT2D eigenvalue weighted by molar-refractivity contribution is 6.02. The second-order valence-corrected chi connectivity index (χ2v) is 13.2. The van der Waals surface area contributed by atoms with Crippen molar-refractivity contribution in [2.45, 2.75) is 38.5 Å². The van der Waals surface area contributed by atoms with Gasteiger partial charge >= 0.3 is 11.9 Å². The number of imide groups is 2. The highest BCUT2D eigenvalue weighted by atomic mass is 16.7. The minimum Gasteiger partial charge on any atom is -0.491 e. The topological polar surface area (TPSA) is 238 Å². The van der Waals surface area contributed by atoms with Crippen LogP contribution in [0.2, 0.25) is 0 Å². The average molecular weight is 913 g/mol. The summed E-state index contributed by atoms with van der Waals surface area (Å²) in [6, 6.07) is 5.22. The summed E-state index contributed by atoms with van der Waals surface area (Å²) in [6.07, 6.45) is 5.60. The maximum Gasteiger partial charge on any atom is 0.335 e. The lowest BCUT2D eigenvalue weighted by Gasteiger charge is -2.12. The average Bonchev–Trinajstić information content (AvgIpc) is 3.78. The van der Waals surface area contributed by atoms with E-state index in [4.69, 9.17) is 72.9 Å². The van der Waals surface area contributed by atoms with Gasteiger partial charge in [0.2, 0.25) is 0 Å². The van der Waals surface area contributed by atoms with Crippen molar-refractivity contribution in [2.24, 2.45) is 0 Å². The van der Waals surface area contributed by atoms with Gasteiger partial charge in [0.25, 0.3) is 23.6 Å². The summed E-state index contributed by atoms with van der Waals surface area (Å²) in [7, 11) is 0. The Kier molecular flexibility index (Phi) is 28.9. The molecule has 0 saturated carbocycles. The van der Waals surface area contributed by atoms with Crippen molar-refractivity contribution in [1.82, 2.24) is 10.1 Å². The molecule has 64 heavy (non-hydrogen) atoms. The summed E-state index contributed by atoms with van der Waals surface area (Å²) >= 11 is 0. The van der Waals surface area contributed by atoms with Crippen LogP contribution in [0.5, 0.6) is 11.5 Å². The van der Waals surface area contributed by atoms with E-state index in [9.17, 15) is 28.8 Å². The van der Waals surface area contributed by atoms with Crippen LogP contribution in [0.25, 0.3) is 0 Å². The van der Waals surface area contributed by atoms with Gasteiger partial charge < -0.3 is 66.5 Å². The van der Waals surface area contributed by atoms with Crippen LogP contribution in [0.4, 0.5) is 0 Å². The first-order valence-electron chi connectivity index (χ1n) is 21.0. The largest absolute Gasteiger partial charge is 0.491 e. The van der Waals surface area contributed by atoms with Crippen LogP contribution in [0.15, 0.2) is 18.2 Å². The first-order chi connectivity index (χ1) is 31.3. The number of ether oxygens (including phenoxy) is 12. The molecular formula is C42H60N2O20. The van der Waals surface area contributed by atoms with Gasteiger partial charge in [-0.15, -0.1) is 16.5 Å². The molecule has 2 aliphatic rings. The van der Waals surface area contributed by atoms with Gasteiger partial charge in [0.05, 0.1) is 145 Å². The Hall–Kier alpha value is -4.80. The van der Waals surface area contributed by atoms with E-state index in [0.29, 0.717) is 146 Å². The van der Waals surface area contributed by atoms with Gasteiger partial charge in [0.1, 0.15) is 24.7 Å². The quantitative estimate of drug-likeness (QED) is 0.0497. The summed E-state index contributed by atoms with van der Waals surface area (Å²) in [5.74, 6) is 0.172. The molecule has 2 heterocycles. The molecule has 2 fully saturated rings. The SMILES string of the molecule is C#Cc1cc(OCCOCCOCCOCCOCCOCCC(=O)ON2C(=O)CCC2=O)cc(OCCOCCOCCOCCOCCOCCC(=O)ON2C(=O)CCC2=O)c1. The van der Waals surface area contributed by atoms with Crippen LogP contribution in [-0.4, -0.2) is 191 Å². The zero-order valence-electron chi connectivity index (χ0n) is 36.2. The number of carbonyl (C=O) groups is 6. The van der Waals surface area contributed by atoms with Crippen LogP contribution in [0.3, 0.4) is 0 Å². The van der Waals surface area contributed by atoms with Crippen LogP contribution in [-0.2, 0) is 85.8 Å². The van der Waals surface area contributed by atoms with Crippen LogP contribution in [0.1, 0.15) is 44.1 Å². The minimum atomic E-state index is -0.715. The molecule has 1 aromatic rings. The van der Waals surface area contributed by atoms with E-state index < -0.39 is 35.6 Å². The van der Waals surface area contributed by atoms with Crippen molar-refractivity contribution in [2.75, 3.05) is 145 Å². The Balaban J connectivity index is 1.02. The monoisotopic (exact) mass is 912 g/mol. The lowest BCUT2D eigenvalue weighted by Crippen LogP contribution is -2.32. The van der Waals surface area contributed by atoms with Crippen molar-refractivity contribution in [1.29, 1.82) is 0 Å². The van der Waals surface area contributed by atoms with E-state index in [1.54, 1.807) is 18.2 Å². The van der Waals surface area contributed by atoms with Gasteiger partial charge in [-0.3, -0.25) is 19.2 Å². The lowest BCUT2D eigenvalue weighted by atomic mass is 10.2. The summed E-state index contributed by atoms with van der Waals surface area (Å²) in [6.45, 7) is 7.18. The van der Waals surface area contributed by atoms with Crippen molar-refractivity contribution in [3.63, 3.8) is 0 Å². The Morgan fingerprint density at radius 3 is 0.922 bits per heavy atom. The van der Waals surface area contributed by atoms with E-state index in [0.717, 1.165) is 0 Å². The maximum atomic E-state index is 11.7. The molecular weight excluding hydrogens is 852 g/mol. The van der Waals surface area contributed by atoms with E-state index in [1.165, 1.54) is 0 Å². The normalized spacial score (nSPS) is 13.8. The van der Waals surface area contributed by atoms with Gasteiger partial charge in [0, 0.05) is 37.3 Å². The van der Waals surface area contributed by atoms with Crippen LogP contribution in [0, 0.1) is 12.3 Å². The molecule has 0 aromatic heterocycles. The zero-order chi connectivity index (χ0) is 45.9. The van der Waals surface area contributed by atoms with Crippen molar-refractivity contribution in [3.05, 3.63) is 23.8 Å². The Labute approximate surface area is 372 Å². The van der Waals surface area contributed by atoms with Gasteiger partial charge in [-0.1, -0.05) is 5.92 Å². The van der Waals surface area contributed by atoms with Crippen molar-refractivity contribution in [3.8, 4) is 23.8 Å². The zero-order valence-corrected chi connectivity index (χ0v) is 36.2. The van der Waals surface area contributed by atoms with E-state index in [-0.39, 0.29) is 65.0 Å². The van der Waals surface area contributed by atoms with E-state index in [2.05, 4.69) is 5.92 Å². The molecule has 0 spiro atoms. The Morgan fingerprint density at radius 2 is 0.656 bits per heavy atom. The Morgan fingerprint density at radius 1 is 0.406 bits per heavy atom. The number of amides is 4. The molecule has 2 saturated heterocycles. The number of rotatable bonds is 40. The molecule has 0 bridgehead atoms. The molecule has 22 nitrogen and oxygen atoms in total. The van der Waals surface area contributed by atoms with Crippen molar-refractivity contribution >= 4 is 35.6 Å². The number of hydrogen-bond donors (Lipinski definition) is 0. The highest BCUT2D eigenvalue weighted by Gasteiger charge is 2.33. The fourth-order valence-corrected chi connectivity index (χ4v) is 5.14. The molecule has 4 amide bonds. The van der Waals surface area contributed by atoms with Gasteiger partial charge in [-0.2, -0.15) is 0 Å². The molecule has 0 atom stereocenters. The first-order valence-corrected chi connectivity index (χ1v) is 21.0. The van der Waals surface area contributed by atoms with Gasteiger partial charge in [-0.25, -0.2) is 9.59 Å². The molecule has 0 N–H and O–H groups in total. The standard InChI is InChI=1S/C42H60N2O20/c1-2-34-31-35(61-29-27-59-25-23-57-21-19-55-17-15-53-13-11-51-9-7-41(49)63-43-37(45)3-4-38(43)46)33-36(32-34)62-30-28-60-26-24-58-22-20-56-18-16-54-14-12-52-10-8-42(50)64-44-39(47)5-6-40(44)48/h1,31-33H,3-30H2. The lowest BCUT2D eigenvalue weighted by molar-refractivity contribution is -0.198. The molecule has 0 radical (unpaired) electrons.